The zero-order chi connectivity index (χ0) is 25.9. The summed E-state index contributed by atoms with van der Waals surface area (Å²) in [7, 11) is 0. The topological polar surface area (TPSA) is 93.5 Å². The molecule has 1 aliphatic heterocycles. The number of fused-ring (bicyclic) bond motifs is 1. The number of benzene rings is 2. The molecule has 1 fully saturated rings. The van der Waals surface area contributed by atoms with E-state index in [9.17, 15) is 9.59 Å². The van der Waals surface area contributed by atoms with E-state index in [0.717, 1.165) is 29.7 Å². The molecule has 190 valence electrons. The van der Waals surface area contributed by atoms with Crippen LogP contribution in [0.4, 0.5) is 5.69 Å². The highest BCUT2D eigenvalue weighted by Crippen LogP contribution is 2.32. The van der Waals surface area contributed by atoms with Crippen LogP contribution >= 0.6 is 0 Å². The van der Waals surface area contributed by atoms with Gasteiger partial charge in [-0.25, -0.2) is 4.98 Å². The number of nitrogens with zero attached hydrogens (tertiary/aromatic N) is 1. The van der Waals surface area contributed by atoms with Gasteiger partial charge in [-0.2, -0.15) is 0 Å². The lowest BCUT2D eigenvalue weighted by Gasteiger charge is -2.20. The summed E-state index contributed by atoms with van der Waals surface area (Å²) >= 11 is 0. The molecule has 2 aromatic carbocycles. The minimum atomic E-state index is -0.268. The van der Waals surface area contributed by atoms with Gasteiger partial charge in [0.05, 0.1) is 23.7 Å². The summed E-state index contributed by atoms with van der Waals surface area (Å²) in [6.45, 7) is 7.71. The maximum absolute atomic E-state index is 13.4. The van der Waals surface area contributed by atoms with Gasteiger partial charge in [-0.3, -0.25) is 9.59 Å². The molecule has 0 saturated carbocycles. The van der Waals surface area contributed by atoms with Gasteiger partial charge < -0.3 is 19.8 Å². The van der Waals surface area contributed by atoms with Gasteiger partial charge in [0.2, 0.25) is 0 Å². The molecular formula is C30H31N3O4. The van der Waals surface area contributed by atoms with Gasteiger partial charge in [-0.05, 0) is 51.0 Å². The largest absolute Gasteiger partial charge is 0.455 e. The molecule has 0 unspecified atom stereocenters. The normalized spacial score (nSPS) is 16.0. The molecular weight excluding hydrogens is 466 g/mol. The monoisotopic (exact) mass is 497 g/mol. The molecule has 37 heavy (non-hydrogen) atoms. The molecule has 3 heterocycles. The van der Waals surface area contributed by atoms with Crippen LogP contribution < -0.4 is 16.1 Å². The number of nitrogens with one attached hydrogen (secondary N) is 2. The summed E-state index contributed by atoms with van der Waals surface area (Å²) in [6.07, 6.45) is 2.56. The number of aromatic nitrogens is 1. The van der Waals surface area contributed by atoms with Gasteiger partial charge in [0.1, 0.15) is 11.3 Å². The van der Waals surface area contributed by atoms with Gasteiger partial charge in [0.25, 0.3) is 5.91 Å². The van der Waals surface area contributed by atoms with E-state index in [1.807, 2.05) is 62.4 Å². The van der Waals surface area contributed by atoms with E-state index < -0.39 is 0 Å². The first-order valence-electron chi connectivity index (χ1n) is 12.6. The maximum Gasteiger partial charge on any atom is 0.272 e. The molecule has 2 aromatic heterocycles. The first-order valence-corrected chi connectivity index (χ1v) is 12.6. The van der Waals surface area contributed by atoms with E-state index in [4.69, 9.17) is 9.15 Å². The van der Waals surface area contributed by atoms with Crippen LogP contribution in [0.15, 0.2) is 70.0 Å². The Morgan fingerprint density at radius 2 is 1.95 bits per heavy atom. The Balaban J connectivity index is 1.49. The van der Waals surface area contributed by atoms with E-state index in [0.29, 0.717) is 52.7 Å². The van der Waals surface area contributed by atoms with Gasteiger partial charge in [-0.1, -0.05) is 36.4 Å². The smallest absolute Gasteiger partial charge is 0.272 e. The molecule has 5 rings (SSSR count). The van der Waals surface area contributed by atoms with Crippen LogP contribution in [0.2, 0.25) is 0 Å². The Bertz CT molecular complexity index is 1490. The Morgan fingerprint density at radius 1 is 1.14 bits per heavy atom. The number of aryl methyl sites for hydroxylation is 1. The molecule has 4 aromatic rings. The molecule has 1 aliphatic rings. The van der Waals surface area contributed by atoms with Crippen molar-refractivity contribution in [1.29, 1.82) is 0 Å². The third-order valence-corrected chi connectivity index (χ3v) is 6.86. The fourth-order valence-electron chi connectivity index (χ4n) is 4.83. The molecule has 0 aliphatic carbocycles. The van der Waals surface area contributed by atoms with Crippen molar-refractivity contribution in [3.05, 3.63) is 93.4 Å². The molecule has 1 amide bonds. The van der Waals surface area contributed by atoms with Crippen LogP contribution in [0, 0.1) is 19.8 Å². The Hall–Kier alpha value is -3.97. The van der Waals surface area contributed by atoms with Crippen molar-refractivity contribution < 1.29 is 13.9 Å². The second kappa shape index (κ2) is 10.6. The van der Waals surface area contributed by atoms with Crippen LogP contribution in [0.1, 0.15) is 46.6 Å². The van der Waals surface area contributed by atoms with Crippen molar-refractivity contribution in [3.8, 4) is 11.3 Å². The van der Waals surface area contributed by atoms with Crippen molar-refractivity contribution >= 4 is 22.6 Å². The number of hydrogen-bond donors (Lipinski definition) is 2. The lowest BCUT2D eigenvalue weighted by atomic mass is 9.98. The first-order chi connectivity index (χ1) is 17.9. The van der Waals surface area contributed by atoms with Crippen LogP contribution in [0.25, 0.3) is 22.3 Å². The van der Waals surface area contributed by atoms with Gasteiger partial charge in [0, 0.05) is 42.0 Å². The molecule has 0 radical (unpaired) electrons. The zero-order valence-electron chi connectivity index (χ0n) is 21.3. The standard InChI is InChI=1S/C30H31N3O4/c1-18-14-23(29-24(15-18)27(34)19(2)28(37-29)22-8-5-4-6-9-22)20(3)33-25-10-7-12-31-26(25)30(35)32-16-21-11-13-36-17-21/h4-10,12,14-15,20-21,33H,11,13,16-17H2,1-3H3,(H,32,35)/t20-,21-/m1/s1. The summed E-state index contributed by atoms with van der Waals surface area (Å²) in [5.41, 5.74) is 4.65. The van der Waals surface area contributed by atoms with Gasteiger partial charge in [-0.15, -0.1) is 0 Å². The molecule has 0 bridgehead atoms. The summed E-state index contributed by atoms with van der Waals surface area (Å²) < 4.78 is 11.8. The maximum atomic E-state index is 13.4. The molecule has 2 atom stereocenters. The van der Waals surface area contributed by atoms with E-state index in [1.54, 1.807) is 19.2 Å². The number of pyridine rings is 1. The second-order valence-corrected chi connectivity index (χ2v) is 9.69. The third kappa shape index (κ3) is 5.13. The zero-order valence-corrected chi connectivity index (χ0v) is 21.3. The third-order valence-electron chi connectivity index (χ3n) is 6.86. The Kier molecular flexibility index (Phi) is 7.06. The summed E-state index contributed by atoms with van der Waals surface area (Å²) in [6, 6.07) is 16.9. The summed E-state index contributed by atoms with van der Waals surface area (Å²) in [5, 5.41) is 6.97. The van der Waals surface area contributed by atoms with Crippen LogP contribution in [0.5, 0.6) is 0 Å². The number of carbonyl (C=O) groups excluding carboxylic acids is 1. The number of anilines is 1. The molecule has 7 nitrogen and oxygen atoms in total. The molecule has 0 spiro atoms. The van der Waals surface area contributed by atoms with Crippen molar-refractivity contribution in [2.75, 3.05) is 25.1 Å². The SMILES string of the molecule is Cc1cc([C@@H](C)Nc2cccnc2C(=O)NC[C@H]2CCOC2)c2oc(-c3ccccc3)c(C)c(=O)c2c1. The number of rotatable bonds is 7. The highest BCUT2D eigenvalue weighted by Gasteiger charge is 2.22. The highest BCUT2D eigenvalue weighted by atomic mass is 16.5. The number of ether oxygens (including phenoxy) is 1. The van der Waals surface area contributed by atoms with Crippen molar-refractivity contribution in [2.45, 2.75) is 33.2 Å². The Morgan fingerprint density at radius 3 is 2.70 bits per heavy atom. The number of carbonyl (C=O) groups is 1. The van der Waals surface area contributed by atoms with Gasteiger partial charge >= 0.3 is 0 Å². The first kappa shape index (κ1) is 24.7. The van der Waals surface area contributed by atoms with Crippen molar-refractivity contribution in [1.82, 2.24) is 10.3 Å². The van der Waals surface area contributed by atoms with Crippen molar-refractivity contribution in [2.24, 2.45) is 5.92 Å². The predicted molar refractivity (Wildman–Crippen MR) is 145 cm³/mol. The quantitative estimate of drug-likeness (QED) is 0.355. The van der Waals surface area contributed by atoms with E-state index in [1.165, 1.54) is 0 Å². The molecule has 7 heteroatoms. The fraction of sp³-hybridized carbons (Fsp3) is 0.300. The lowest BCUT2D eigenvalue weighted by molar-refractivity contribution is 0.0941. The van der Waals surface area contributed by atoms with Crippen LogP contribution in [0.3, 0.4) is 0 Å². The minimum Gasteiger partial charge on any atom is -0.455 e. The molecule has 1 saturated heterocycles. The van der Waals surface area contributed by atoms with E-state index >= 15 is 0 Å². The summed E-state index contributed by atoms with van der Waals surface area (Å²) in [4.78, 5) is 30.7. The average molecular weight is 498 g/mol. The second-order valence-electron chi connectivity index (χ2n) is 9.69. The summed E-state index contributed by atoms with van der Waals surface area (Å²) in [5.74, 6) is 0.657. The van der Waals surface area contributed by atoms with Crippen molar-refractivity contribution in [3.63, 3.8) is 0 Å². The minimum absolute atomic E-state index is 0.0467. The lowest BCUT2D eigenvalue weighted by Crippen LogP contribution is -2.30. The van der Waals surface area contributed by atoms with Crippen LogP contribution in [-0.2, 0) is 4.74 Å². The average Bonchev–Trinajstić information content (AvgIpc) is 3.44. The van der Waals surface area contributed by atoms with E-state index in [-0.39, 0.29) is 17.4 Å². The van der Waals surface area contributed by atoms with Gasteiger partial charge in [0.15, 0.2) is 11.1 Å². The Labute approximate surface area is 215 Å². The number of hydrogen-bond acceptors (Lipinski definition) is 6. The number of amides is 1. The molecule has 2 N–H and O–H groups in total. The van der Waals surface area contributed by atoms with E-state index in [2.05, 4.69) is 15.6 Å². The fourth-order valence-corrected chi connectivity index (χ4v) is 4.83. The highest BCUT2D eigenvalue weighted by molar-refractivity contribution is 5.97. The van der Waals surface area contributed by atoms with Crippen LogP contribution in [-0.4, -0.2) is 30.6 Å². The predicted octanol–water partition coefficient (Wildman–Crippen LogP) is 5.41.